The van der Waals surface area contributed by atoms with E-state index in [9.17, 15) is 9.90 Å². The molecule has 2 heterocycles. The highest BCUT2D eigenvalue weighted by atomic mass is 16.4. The minimum Gasteiger partial charge on any atom is -0.481 e. The molecule has 0 fully saturated rings. The van der Waals surface area contributed by atoms with Crippen molar-refractivity contribution in [3.05, 3.63) is 12.7 Å². The minimum atomic E-state index is -1.05. The largest absolute Gasteiger partial charge is 0.481 e. The highest BCUT2D eigenvalue weighted by molar-refractivity contribution is 5.81. The third-order valence-electron chi connectivity index (χ3n) is 2.14. The van der Waals surface area contributed by atoms with Gasteiger partial charge in [-0.3, -0.25) is 4.79 Å². The smallest absolute Gasteiger partial charge is 0.306 e. The Labute approximate surface area is 95.7 Å². The van der Waals surface area contributed by atoms with Gasteiger partial charge in [0.2, 0.25) is 0 Å². The standard InChI is InChI=1S/C9H11N5O3/c15-5(1-6(16)17)2-10-8-7-9(12-3-11-7)14-4-13-8/h3-5,15H,1-2H2,(H,16,17)(H2,10,11,12,13,14). The SMILES string of the molecule is O=C(O)CC(O)CNc1ncnc2nc[nH]c12. The molecule has 1 unspecified atom stereocenters. The Morgan fingerprint density at radius 2 is 2.29 bits per heavy atom. The van der Waals surface area contributed by atoms with E-state index in [2.05, 4.69) is 25.3 Å². The highest BCUT2D eigenvalue weighted by Gasteiger charge is 2.11. The molecule has 0 spiro atoms. The maximum atomic E-state index is 10.4. The number of aliphatic hydroxyl groups excluding tert-OH is 1. The molecule has 0 aliphatic carbocycles. The number of fused-ring (bicyclic) bond motifs is 1. The van der Waals surface area contributed by atoms with Crippen LogP contribution in [0.5, 0.6) is 0 Å². The van der Waals surface area contributed by atoms with Gasteiger partial charge in [-0.2, -0.15) is 0 Å². The molecule has 8 heteroatoms. The molecule has 0 amide bonds. The topological polar surface area (TPSA) is 124 Å². The lowest BCUT2D eigenvalue weighted by atomic mass is 10.2. The minimum absolute atomic E-state index is 0.0947. The molecule has 0 radical (unpaired) electrons. The fourth-order valence-electron chi connectivity index (χ4n) is 1.39. The van der Waals surface area contributed by atoms with Gasteiger partial charge in [0.05, 0.1) is 18.9 Å². The number of aromatic amines is 1. The van der Waals surface area contributed by atoms with Gasteiger partial charge in [0.25, 0.3) is 0 Å². The number of aromatic nitrogens is 4. The number of hydrogen-bond acceptors (Lipinski definition) is 6. The monoisotopic (exact) mass is 237 g/mol. The first-order valence-electron chi connectivity index (χ1n) is 4.94. The molecular weight excluding hydrogens is 226 g/mol. The number of H-pyrrole nitrogens is 1. The van der Waals surface area contributed by atoms with Gasteiger partial charge in [0.1, 0.15) is 11.8 Å². The van der Waals surface area contributed by atoms with Crippen molar-refractivity contribution in [3.63, 3.8) is 0 Å². The molecule has 8 nitrogen and oxygen atoms in total. The van der Waals surface area contributed by atoms with Gasteiger partial charge in [-0.1, -0.05) is 0 Å². The molecular formula is C9H11N5O3. The van der Waals surface area contributed by atoms with Gasteiger partial charge in [-0.05, 0) is 0 Å². The Kier molecular flexibility index (Phi) is 3.15. The van der Waals surface area contributed by atoms with E-state index in [1.165, 1.54) is 12.7 Å². The maximum absolute atomic E-state index is 10.4. The Bertz CT molecular complexity index is 526. The second-order valence-corrected chi connectivity index (χ2v) is 3.46. The normalized spacial score (nSPS) is 12.5. The van der Waals surface area contributed by atoms with Gasteiger partial charge in [0.15, 0.2) is 11.5 Å². The molecule has 2 aromatic rings. The van der Waals surface area contributed by atoms with Crippen LogP contribution in [0.25, 0.3) is 11.2 Å². The summed E-state index contributed by atoms with van der Waals surface area (Å²) >= 11 is 0. The van der Waals surface area contributed by atoms with E-state index in [1.54, 1.807) is 0 Å². The number of hydrogen-bond donors (Lipinski definition) is 4. The number of carboxylic acid groups (broad SMARTS) is 1. The molecule has 2 rings (SSSR count). The number of nitrogens with zero attached hydrogens (tertiary/aromatic N) is 3. The summed E-state index contributed by atoms with van der Waals surface area (Å²) in [5.41, 5.74) is 1.13. The average Bonchev–Trinajstić information content (AvgIpc) is 2.73. The molecule has 0 aliphatic heterocycles. The summed E-state index contributed by atoms with van der Waals surface area (Å²) in [6.07, 6.45) is 1.54. The number of anilines is 1. The lowest BCUT2D eigenvalue weighted by Gasteiger charge is -2.09. The van der Waals surface area contributed by atoms with Crippen molar-refractivity contribution in [3.8, 4) is 0 Å². The van der Waals surface area contributed by atoms with Crippen LogP contribution in [-0.2, 0) is 4.79 Å². The van der Waals surface area contributed by atoms with Gasteiger partial charge in [0, 0.05) is 6.54 Å². The second-order valence-electron chi connectivity index (χ2n) is 3.46. The van der Waals surface area contributed by atoms with E-state index in [0.717, 1.165) is 0 Å². The van der Waals surface area contributed by atoms with Crippen molar-refractivity contribution in [1.29, 1.82) is 0 Å². The first-order valence-corrected chi connectivity index (χ1v) is 4.94. The molecule has 0 saturated heterocycles. The van der Waals surface area contributed by atoms with Crippen LogP contribution in [-0.4, -0.2) is 48.8 Å². The van der Waals surface area contributed by atoms with Crippen molar-refractivity contribution in [2.75, 3.05) is 11.9 Å². The molecule has 0 aliphatic rings. The van der Waals surface area contributed by atoms with Crippen LogP contribution < -0.4 is 5.32 Å². The highest BCUT2D eigenvalue weighted by Crippen LogP contribution is 2.14. The molecule has 17 heavy (non-hydrogen) atoms. The lowest BCUT2D eigenvalue weighted by molar-refractivity contribution is -0.138. The maximum Gasteiger partial charge on any atom is 0.306 e. The molecule has 4 N–H and O–H groups in total. The van der Waals surface area contributed by atoms with Crippen molar-refractivity contribution in [2.24, 2.45) is 0 Å². The number of carboxylic acids is 1. The number of carbonyl (C=O) groups is 1. The van der Waals surface area contributed by atoms with Crippen LogP contribution in [0.1, 0.15) is 6.42 Å². The fourth-order valence-corrected chi connectivity index (χ4v) is 1.39. The van der Waals surface area contributed by atoms with E-state index < -0.39 is 12.1 Å². The van der Waals surface area contributed by atoms with Crippen LogP contribution in [0.15, 0.2) is 12.7 Å². The summed E-state index contributed by atoms with van der Waals surface area (Å²) in [7, 11) is 0. The Morgan fingerprint density at radius 1 is 1.47 bits per heavy atom. The predicted molar refractivity (Wildman–Crippen MR) is 58.4 cm³/mol. The predicted octanol–water partition coefficient (Wildman–Crippen LogP) is -0.400. The van der Waals surface area contributed by atoms with E-state index in [0.29, 0.717) is 17.0 Å². The van der Waals surface area contributed by atoms with Crippen LogP contribution >= 0.6 is 0 Å². The van der Waals surface area contributed by atoms with E-state index in [-0.39, 0.29) is 13.0 Å². The zero-order valence-corrected chi connectivity index (χ0v) is 8.79. The van der Waals surface area contributed by atoms with Crippen molar-refractivity contribution < 1.29 is 15.0 Å². The number of aliphatic hydroxyl groups is 1. The van der Waals surface area contributed by atoms with Gasteiger partial charge in [-0.15, -0.1) is 0 Å². The summed E-state index contributed by atoms with van der Waals surface area (Å²) < 4.78 is 0. The number of aliphatic carboxylic acids is 1. The third-order valence-corrected chi connectivity index (χ3v) is 2.14. The van der Waals surface area contributed by atoms with Gasteiger partial charge >= 0.3 is 5.97 Å². The Morgan fingerprint density at radius 3 is 3.06 bits per heavy atom. The third kappa shape index (κ3) is 2.67. The summed E-state index contributed by atoms with van der Waals surface area (Å²) in [5.74, 6) is -0.564. The van der Waals surface area contributed by atoms with Crippen LogP contribution in [0, 0.1) is 0 Å². The summed E-state index contributed by atoms with van der Waals surface area (Å²) in [6.45, 7) is 0.0947. The summed E-state index contributed by atoms with van der Waals surface area (Å²) in [5, 5.41) is 20.7. The van der Waals surface area contributed by atoms with Gasteiger partial charge in [-0.25, -0.2) is 15.0 Å². The zero-order chi connectivity index (χ0) is 12.3. The van der Waals surface area contributed by atoms with Crippen LogP contribution in [0.2, 0.25) is 0 Å². The van der Waals surface area contributed by atoms with E-state index in [4.69, 9.17) is 5.11 Å². The number of rotatable bonds is 5. The first-order chi connectivity index (χ1) is 8.16. The summed E-state index contributed by atoms with van der Waals surface area (Å²) in [6, 6.07) is 0. The lowest BCUT2D eigenvalue weighted by Crippen LogP contribution is -2.23. The molecule has 0 aromatic carbocycles. The van der Waals surface area contributed by atoms with Gasteiger partial charge < -0.3 is 20.5 Å². The zero-order valence-electron chi connectivity index (χ0n) is 8.79. The van der Waals surface area contributed by atoms with Crippen molar-refractivity contribution in [1.82, 2.24) is 19.9 Å². The fraction of sp³-hybridized carbons (Fsp3) is 0.333. The van der Waals surface area contributed by atoms with Crippen LogP contribution in [0.4, 0.5) is 5.82 Å². The molecule has 2 aromatic heterocycles. The van der Waals surface area contributed by atoms with Crippen molar-refractivity contribution >= 4 is 23.0 Å². The van der Waals surface area contributed by atoms with Crippen molar-refractivity contribution in [2.45, 2.75) is 12.5 Å². The summed E-state index contributed by atoms with van der Waals surface area (Å²) in [4.78, 5) is 25.1. The Hall–Kier alpha value is -2.22. The average molecular weight is 237 g/mol. The molecule has 0 saturated carbocycles. The number of imidazole rings is 1. The van der Waals surface area contributed by atoms with E-state index >= 15 is 0 Å². The molecule has 0 bridgehead atoms. The Balaban J connectivity index is 2.03. The first kappa shape index (κ1) is 11.3. The number of nitrogens with one attached hydrogen (secondary N) is 2. The molecule has 1 atom stereocenters. The van der Waals surface area contributed by atoms with E-state index in [1.807, 2.05) is 0 Å². The van der Waals surface area contributed by atoms with Crippen LogP contribution in [0.3, 0.4) is 0 Å². The molecule has 90 valence electrons. The second kappa shape index (κ2) is 4.74. The quantitative estimate of drug-likeness (QED) is 0.557.